The number of benzene rings is 3. The van der Waals surface area contributed by atoms with Gasteiger partial charge in [0.25, 0.3) is 5.91 Å². The quantitative estimate of drug-likeness (QED) is 0.528. The number of carbonyl (C=O) groups is 1. The molecule has 7 heteroatoms. The zero-order valence-corrected chi connectivity index (χ0v) is 16.9. The van der Waals surface area contributed by atoms with Crippen LogP contribution in [0.4, 0.5) is 10.1 Å². The van der Waals surface area contributed by atoms with Gasteiger partial charge in [-0.2, -0.15) is 0 Å². The molecule has 0 heterocycles. The second-order valence-corrected chi connectivity index (χ2v) is 6.93. The first-order valence-electron chi connectivity index (χ1n) is 8.86. The number of halogens is 2. The van der Waals surface area contributed by atoms with E-state index in [9.17, 15) is 9.18 Å². The summed E-state index contributed by atoms with van der Waals surface area (Å²) in [7, 11) is 0. The predicted molar refractivity (Wildman–Crippen MR) is 117 cm³/mol. The van der Waals surface area contributed by atoms with Crippen LogP contribution in [0.1, 0.15) is 15.9 Å². The van der Waals surface area contributed by atoms with E-state index in [0.29, 0.717) is 23.6 Å². The average molecular weight is 429 g/mol. The van der Waals surface area contributed by atoms with Gasteiger partial charge >= 0.3 is 0 Å². The van der Waals surface area contributed by atoms with E-state index in [0.717, 1.165) is 12.0 Å². The minimum Gasteiger partial charge on any atom is -0.492 e. The van der Waals surface area contributed by atoms with Crippen LogP contribution in [0, 0.1) is 5.82 Å². The summed E-state index contributed by atoms with van der Waals surface area (Å²) in [6.45, 7) is 0.436. The highest BCUT2D eigenvalue weighted by Crippen LogP contribution is 2.20. The summed E-state index contributed by atoms with van der Waals surface area (Å²) < 4.78 is 19.1. The van der Waals surface area contributed by atoms with Crippen LogP contribution in [0.25, 0.3) is 0 Å². The summed E-state index contributed by atoms with van der Waals surface area (Å²) in [5.74, 6) is -0.478. The van der Waals surface area contributed by atoms with Gasteiger partial charge in [-0.1, -0.05) is 54.1 Å². The van der Waals surface area contributed by atoms with Gasteiger partial charge < -0.3 is 10.1 Å². The van der Waals surface area contributed by atoms with Crippen LogP contribution in [0.15, 0.2) is 72.8 Å². The molecular weight excluding hydrogens is 411 g/mol. The third-order valence-corrected chi connectivity index (χ3v) is 4.52. The maximum atomic E-state index is 13.2. The summed E-state index contributed by atoms with van der Waals surface area (Å²) >= 11 is 10.9. The summed E-state index contributed by atoms with van der Waals surface area (Å²) in [4.78, 5) is 12.6. The van der Waals surface area contributed by atoms with Gasteiger partial charge in [-0.3, -0.25) is 10.1 Å². The molecule has 0 saturated carbocycles. The number of carbonyl (C=O) groups excluding carboxylic acids is 1. The van der Waals surface area contributed by atoms with Gasteiger partial charge in [-0.05, 0) is 48.1 Å². The first-order valence-corrected chi connectivity index (χ1v) is 9.64. The molecule has 0 aliphatic rings. The molecule has 0 aliphatic carbocycles. The molecule has 3 rings (SSSR count). The summed E-state index contributed by atoms with van der Waals surface area (Å²) in [6, 6.07) is 20.9. The molecule has 1 amide bonds. The van der Waals surface area contributed by atoms with Crippen molar-refractivity contribution < 1.29 is 13.9 Å². The van der Waals surface area contributed by atoms with Crippen LogP contribution in [-0.4, -0.2) is 17.6 Å². The zero-order valence-electron chi connectivity index (χ0n) is 15.3. The molecule has 0 radical (unpaired) electrons. The van der Waals surface area contributed by atoms with Gasteiger partial charge in [0.15, 0.2) is 5.11 Å². The van der Waals surface area contributed by atoms with E-state index in [4.69, 9.17) is 28.6 Å². The third-order valence-electron chi connectivity index (χ3n) is 4.03. The van der Waals surface area contributed by atoms with Crippen molar-refractivity contribution in [3.05, 3.63) is 94.8 Å². The molecule has 0 aromatic heterocycles. The van der Waals surface area contributed by atoms with Crippen LogP contribution in [-0.2, 0) is 6.42 Å². The largest absolute Gasteiger partial charge is 0.492 e. The number of para-hydroxylation sites is 1. The number of anilines is 1. The van der Waals surface area contributed by atoms with E-state index in [1.165, 1.54) is 18.2 Å². The fraction of sp³-hybridized carbons (Fsp3) is 0.0909. The minimum absolute atomic E-state index is 0.0405. The van der Waals surface area contributed by atoms with E-state index in [1.54, 1.807) is 24.3 Å². The van der Waals surface area contributed by atoms with Crippen molar-refractivity contribution in [2.75, 3.05) is 11.9 Å². The van der Waals surface area contributed by atoms with Crippen molar-refractivity contribution in [3.63, 3.8) is 0 Å². The van der Waals surface area contributed by atoms with E-state index in [1.807, 2.05) is 30.3 Å². The van der Waals surface area contributed by atoms with Crippen molar-refractivity contribution in [1.82, 2.24) is 5.32 Å². The van der Waals surface area contributed by atoms with E-state index in [2.05, 4.69) is 10.6 Å². The maximum absolute atomic E-state index is 13.2. The van der Waals surface area contributed by atoms with Crippen LogP contribution in [0.2, 0.25) is 5.02 Å². The van der Waals surface area contributed by atoms with Crippen LogP contribution >= 0.6 is 23.8 Å². The van der Waals surface area contributed by atoms with Crippen molar-refractivity contribution in [2.45, 2.75) is 6.42 Å². The van der Waals surface area contributed by atoms with Gasteiger partial charge in [0.2, 0.25) is 0 Å². The minimum atomic E-state index is -0.534. The molecule has 0 unspecified atom stereocenters. The molecule has 0 atom stereocenters. The van der Waals surface area contributed by atoms with Crippen molar-refractivity contribution in [1.29, 1.82) is 0 Å². The highest BCUT2D eigenvalue weighted by molar-refractivity contribution is 7.80. The zero-order chi connectivity index (χ0) is 20.6. The lowest BCUT2D eigenvalue weighted by atomic mass is 10.1. The van der Waals surface area contributed by atoms with Crippen LogP contribution < -0.4 is 15.4 Å². The highest BCUT2D eigenvalue weighted by Gasteiger charge is 2.14. The van der Waals surface area contributed by atoms with Crippen molar-refractivity contribution in [3.8, 4) is 5.75 Å². The second-order valence-electron chi connectivity index (χ2n) is 6.12. The number of hydrogen-bond donors (Lipinski definition) is 2. The molecule has 0 saturated heterocycles. The van der Waals surface area contributed by atoms with Crippen molar-refractivity contribution >= 4 is 40.5 Å². The van der Waals surface area contributed by atoms with Crippen molar-refractivity contribution in [2.24, 2.45) is 0 Å². The number of ether oxygens (including phenoxy) is 1. The average Bonchev–Trinajstić information content (AvgIpc) is 2.72. The fourth-order valence-electron chi connectivity index (χ4n) is 2.61. The summed E-state index contributed by atoms with van der Waals surface area (Å²) in [5, 5.41) is 5.42. The number of rotatable bonds is 6. The Labute approximate surface area is 178 Å². The molecule has 3 aromatic carbocycles. The Kier molecular flexibility index (Phi) is 7.16. The first kappa shape index (κ1) is 20.8. The Balaban J connectivity index is 1.60. The summed E-state index contributed by atoms with van der Waals surface area (Å²) in [6.07, 6.45) is 0.724. The SMILES string of the molecule is O=C(NC(=S)Nc1ccc(F)c(Cl)c1)c1ccccc1OCCc1ccccc1. The van der Waals surface area contributed by atoms with Gasteiger partial charge in [-0.15, -0.1) is 0 Å². The highest BCUT2D eigenvalue weighted by atomic mass is 35.5. The number of amides is 1. The number of thiocarbonyl (C=S) groups is 1. The molecule has 2 N–H and O–H groups in total. The maximum Gasteiger partial charge on any atom is 0.261 e. The van der Waals surface area contributed by atoms with Gasteiger partial charge in [0, 0.05) is 12.1 Å². The molecule has 0 spiro atoms. The molecule has 0 fully saturated rings. The molecule has 0 bridgehead atoms. The standard InChI is InChI=1S/C22H18ClFN2O2S/c23-18-14-16(10-11-19(18)24)25-22(29)26-21(27)17-8-4-5-9-20(17)28-13-12-15-6-2-1-3-7-15/h1-11,14H,12-13H2,(H2,25,26,27,29). The smallest absolute Gasteiger partial charge is 0.261 e. The second kappa shape index (κ2) is 10.0. The van der Waals surface area contributed by atoms with Gasteiger partial charge in [0.05, 0.1) is 17.2 Å². The Morgan fingerprint density at radius 1 is 1.03 bits per heavy atom. The van der Waals surface area contributed by atoms with Crippen LogP contribution in [0.3, 0.4) is 0 Å². The lowest BCUT2D eigenvalue weighted by molar-refractivity contribution is 0.0974. The third kappa shape index (κ3) is 6.01. The predicted octanol–water partition coefficient (Wildman–Crippen LogP) is 5.23. The topological polar surface area (TPSA) is 50.4 Å². The lowest BCUT2D eigenvalue weighted by Crippen LogP contribution is -2.34. The fourth-order valence-corrected chi connectivity index (χ4v) is 3.00. The molecule has 0 aliphatic heterocycles. The van der Waals surface area contributed by atoms with Gasteiger partial charge in [-0.25, -0.2) is 4.39 Å². The Morgan fingerprint density at radius 3 is 2.52 bits per heavy atom. The van der Waals surface area contributed by atoms with Gasteiger partial charge in [0.1, 0.15) is 11.6 Å². The first-order chi connectivity index (χ1) is 14.0. The monoisotopic (exact) mass is 428 g/mol. The van der Waals surface area contributed by atoms with E-state index < -0.39 is 11.7 Å². The normalized spacial score (nSPS) is 10.3. The number of nitrogens with one attached hydrogen (secondary N) is 2. The Morgan fingerprint density at radius 2 is 1.76 bits per heavy atom. The molecule has 29 heavy (non-hydrogen) atoms. The molecule has 3 aromatic rings. The summed E-state index contributed by atoms with van der Waals surface area (Å²) in [5.41, 5.74) is 1.98. The molecule has 4 nitrogen and oxygen atoms in total. The molecule has 148 valence electrons. The van der Waals surface area contributed by atoms with Crippen LogP contribution in [0.5, 0.6) is 5.75 Å². The Hall–Kier alpha value is -2.96. The lowest BCUT2D eigenvalue weighted by Gasteiger charge is -2.13. The number of hydrogen-bond acceptors (Lipinski definition) is 3. The Bertz CT molecular complexity index is 1010. The van der Waals surface area contributed by atoms with E-state index >= 15 is 0 Å². The molecular formula is C22H18ClFN2O2S. The van der Waals surface area contributed by atoms with E-state index in [-0.39, 0.29) is 10.1 Å².